The van der Waals surface area contributed by atoms with Crippen LogP contribution in [0, 0.1) is 5.92 Å². The van der Waals surface area contributed by atoms with Gasteiger partial charge in [-0.15, -0.1) is 0 Å². The van der Waals surface area contributed by atoms with E-state index in [1.807, 2.05) is 54.4 Å². The van der Waals surface area contributed by atoms with Gasteiger partial charge < -0.3 is 19.6 Å². The predicted octanol–water partition coefficient (Wildman–Crippen LogP) is 3.53. The second-order valence-electron chi connectivity index (χ2n) is 8.98. The first-order valence-corrected chi connectivity index (χ1v) is 10.8. The van der Waals surface area contributed by atoms with Crippen molar-refractivity contribution in [2.45, 2.75) is 36.8 Å². The molecule has 1 amide bonds. The number of amides is 1. The Balaban J connectivity index is 1.71. The maximum atomic E-state index is 13.2. The van der Waals surface area contributed by atoms with Crippen LogP contribution in [0.1, 0.15) is 35.2 Å². The highest BCUT2D eigenvalue weighted by Gasteiger charge is 2.53. The molecule has 0 aromatic heterocycles. The Labute approximate surface area is 179 Å². The van der Waals surface area contributed by atoms with E-state index in [0.717, 1.165) is 37.9 Å². The van der Waals surface area contributed by atoms with Gasteiger partial charge in [-0.3, -0.25) is 4.79 Å². The van der Waals surface area contributed by atoms with Crippen molar-refractivity contribution in [1.29, 1.82) is 0 Å². The number of hydrogen-bond acceptors (Lipinski definition) is 4. The van der Waals surface area contributed by atoms with Gasteiger partial charge in [-0.05, 0) is 62.7 Å². The van der Waals surface area contributed by atoms with Crippen LogP contribution < -0.4 is 0 Å². The molecule has 0 radical (unpaired) electrons. The van der Waals surface area contributed by atoms with Crippen molar-refractivity contribution in [3.05, 3.63) is 65.7 Å². The minimum absolute atomic E-state index is 0.0490. The van der Waals surface area contributed by atoms with E-state index in [4.69, 9.17) is 4.74 Å². The summed E-state index contributed by atoms with van der Waals surface area (Å²) in [5.41, 5.74) is 1.75. The van der Waals surface area contributed by atoms with Crippen molar-refractivity contribution >= 4 is 5.91 Å². The standard InChI is InChI=1S/C25H32N2O3/c1-26-13-12-25(19-10-7-11-21(28)14-19)16-20(15-23(30-3)22(25)17-26)27(2)24(29)18-8-5-4-6-9-18/h4-11,14,20,22-23,28H,12-13,15-17H2,1-3H3/t20-,22?,23?,25?/m1/s1. The molecule has 2 aromatic rings. The van der Waals surface area contributed by atoms with Gasteiger partial charge in [-0.25, -0.2) is 0 Å². The second kappa shape index (κ2) is 8.40. The van der Waals surface area contributed by atoms with Gasteiger partial charge in [-0.2, -0.15) is 0 Å². The highest BCUT2D eigenvalue weighted by Crippen LogP contribution is 2.51. The molecule has 5 heteroatoms. The lowest BCUT2D eigenvalue weighted by molar-refractivity contribution is -0.0751. The van der Waals surface area contributed by atoms with Gasteiger partial charge in [-0.1, -0.05) is 30.3 Å². The normalized spacial score (nSPS) is 29.2. The monoisotopic (exact) mass is 408 g/mol. The third-order valence-electron chi connectivity index (χ3n) is 7.32. The molecule has 160 valence electrons. The number of benzene rings is 2. The molecular formula is C25H32N2O3. The van der Waals surface area contributed by atoms with Crippen molar-refractivity contribution in [3.8, 4) is 5.75 Å². The molecule has 1 heterocycles. The molecule has 2 aromatic carbocycles. The van der Waals surface area contributed by atoms with Gasteiger partial charge in [0.1, 0.15) is 5.75 Å². The number of carbonyl (C=O) groups is 1. The lowest BCUT2D eigenvalue weighted by Gasteiger charge is -2.56. The van der Waals surface area contributed by atoms with Crippen molar-refractivity contribution in [3.63, 3.8) is 0 Å². The summed E-state index contributed by atoms with van der Waals surface area (Å²) < 4.78 is 6.02. The summed E-state index contributed by atoms with van der Waals surface area (Å²) in [4.78, 5) is 17.5. The van der Waals surface area contributed by atoms with E-state index in [1.165, 1.54) is 0 Å². The van der Waals surface area contributed by atoms with Crippen LogP contribution >= 0.6 is 0 Å². The molecule has 30 heavy (non-hydrogen) atoms. The van der Waals surface area contributed by atoms with Crippen LogP contribution in [-0.4, -0.2) is 67.3 Å². The molecule has 1 saturated carbocycles. The zero-order valence-electron chi connectivity index (χ0n) is 18.1. The highest BCUT2D eigenvalue weighted by molar-refractivity contribution is 5.94. The van der Waals surface area contributed by atoms with Crippen molar-refractivity contribution < 1.29 is 14.6 Å². The van der Waals surface area contributed by atoms with Crippen LogP contribution in [0.4, 0.5) is 0 Å². The summed E-state index contributed by atoms with van der Waals surface area (Å²) in [7, 11) is 5.86. The Bertz CT molecular complexity index is 887. The van der Waals surface area contributed by atoms with Crippen molar-refractivity contribution in [1.82, 2.24) is 9.80 Å². The zero-order valence-corrected chi connectivity index (χ0v) is 18.1. The van der Waals surface area contributed by atoms with Crippen LogP contribution in [0.15, 0.2) is 54.6 Å². The molecule has 4 rings (SSSR count). The van der Waals surface area contributed by atoms with Crippen LogP contribution in [0.2, 0.25) is 0 Å². The van der Waals surface area contributed by atoms with Crippen LogP contribution in [-0.2, 0) is 10.2 Å². The fourth-order valence-corrected chi connectivity index (χ4v) is 5.64. The van der Waals surface area contributed by atoms with Crippen LogP contribution in [0.3, 0.4) is 0 Å². The third-order valence-corrected chi connectivity index (χ3v) is 7.32. The van der Waals surface area contributed by atoms with Crippen LogP contribution in [0.5, 0.6) is 5.75 Å². The SMILES string of the molecule is COC1C[C@@H](N(C)C(=O)c2ccccc2)CC2(c3cccc(O)c3)CCN(C)CC12. The largest absolute Gasteiger partial charge is 0.508 e. The number of phenolic OH excluding ortho intramolecular Hbond substituents is 1. The first kappa shape index (κ1) is 20.9. The molecule has 1 N–H and O–H groups in total. The van der Waals surface area contributed by atoms with Gasteiger partial charge in [0.15, 0.2) is 0 Å². The van der Waals surface area contributed by atoms with E-state index in [1.54, 1.807) is 13.2 Å². The number of hydrogen-bond donors (Lipinski definition) is 1. The topological polar surface area (TPSA) is 53.0 Å². The van der Waals surface area contributed by atoms with E-state index in [9.17, 15) is 9.90 Å². The molecule has 1 saturated heterocycles. The number of ether oxygens (including phenoxy) is 1. The first-order chi connectivity index (χ1) is 14.4. The number of methoxy groups -OCH3 is 1. The average molecular weight is 409 g/mol. The molecule has 2 aliphatic rings. The van der Waals surface area contributed by atoms with Gasteiger partial charge in [0.05, 0.1) is 6.10 Å². The molecular weight excluding hydrogens is 376 g/mol. The van der Waals surface area contributed by atoms with Crippen molar-refractivity contribution in [2.75, 3.05) is 34.3 Å². The molecule has 1 aliphatic carbocycles. The molecule has 4 atom stereocenters. The Morgan fingerprint density at radius 3 is 2.67 bits per heavy atom. The number of fused-ring (bicyclic) bond motifs is 1. The van der Waals surface area contributed by atoms with E-state index < -0.39 is 0 Å². The van der Waals surface area contributed by atoms with Gasteiger partial charge in [0.25, 0.3) is 5.91 Å². The minimum atomic E-state index is -0.125. The Morgan fingerprint density at radius 2 is 1.97 bits per heavy atom. The fraction of sp³-hybridized carbons (Fsp3) is 0.480. The summed E-state index contributed by atoms with van der Waals surface area (Å²) >= 11 is 0. The van der Waals surface area contributed by atoms with E-state index >= 15 is 0 Å². The molecule has 2 fully saturated rings. The number of likely N-dealkylation sites (tertiary alicyclic amines) is 1. The van der Waals surface area contributed by atoms with Crippen LogP contribution in [0.25, 0.3) is 0 Å². The number of phenols is 1. The van der Waals surface area contributed by atoms with Gasteiger partial charge in [0.2, 0.25) is 0 Å². The maximum absolute atomic E-state index is 13.2. The number of rotatable bonds is 4. The molecule has 0 bridgehead atoms. The number of nitrogens with zero attached hydrogens (tertiary/aromatic N) is 2. The third kappa shape index (κ3) is 3.72. The average Bonchev–Trinajstić information content (AvgIpc) is 2.78. The molecule has 1 aliphatic heterocycles. The fourth-order valence-electron chi connectivity index (χ4n) is 5.64. The van der Waals surface area contributed by atoms with Crippen molar-refractivity contribution in [2.24, 2.45) is 5.92 Å². The van der Waals surface area contributed by atoms with Gasteiger partial charge in [0, 0.05) is 43.6 Å². The summed E-state index contributed by atoms with van der Waals surface area (Å²) in [5.74, 6) is 0.664. The summed E-state index contributed by atoms with van der Waals surface area (Å²) in [6.07, 6.45) is 2.75. The summed E-state index contributed by atoms with van der Waals surface area (Å²) in [6, 6.07) is 17.3. The molecule has 5 nitrogen and oxygen atoms in total. The van der Waals surface area contributed by atoms with E-state index in [0.29, 0.717) is 17.2 Å². The quantitative estimate of drug-likeness (QED) is 0.841. The number of piperidine rings is 1. The number of aromatic hydroxyl groups is 1. The molecule has 3 unspecified atom stereocenters. The van der Waals surface area contributed by atoms with E-state index in [2.05, 4.69) is 18.0 Å². The predicted molar refractivity (Wildman–Crippen MR) is 118 cm³/mol. The Kier molecular flexibility index (Phi) is 5.85. The minimum Gasteiger partial charge on any atom is -0.508 e. The zero-order chi connectivity index (χ0) is 21.3. The van der Waals surface area contributed by atoms with E-state index in [-0.39, 0.29) is 23.5 Å². The number of carbonyl (C=O) groups excluding carboxylic acids is 1. The summed E-state index contributed by atoms with van der Waals surface area (Å²) in [5, 5.41) is 10.2. The second-order valence-corrected chi connectivity index (χ2v) is 8.98. The lowest BCUT2D eigenvalue weighted by atomic mass is 9.56. The summed E-state index contributed by atoms with van der Waals surface area (Å²) in [6.45, 7) is 1.95. The maximum Gasteiger partial charge on any atom is 0.253 e. The Hall–Kier alpha value is -2.37. The Morgan fingerprint density at radius 1 is 1.20 bits per heavy atom. The lowest BCUT2D eigenvalue weighted by Crippen LogP contribution is -2.61. The smallest absolute Gasteiger partial charge is 0.253 e. The first-order valence-electron chi connectivity index (χ1n) is 10.8. The van der Waals surface area contributed by atoms with Gasteiger partial charge >= 0.3 is 0 Å². The highest BCUT2D eigenvalue weighted by atomic mass is 16.5. The molecule has 0 spiro atoms.